The zero-order chi connectivity index (χ0) is 9.52. The van der Waals surface area contributed by atoms with Gasteiger partial charge in [0.05, 0.1) is 0 Å². The summed E-state index contributed by atoms with van der Waals surface area (Å²) in [5.74, 6) is 0. The Bertz CT molecular complexity index is 125. The van der Waals surface area contributed by atoms with Crippen LogP contribution in [0.25, 0.3) is 0 Å². The third-order valence-electron chi connectivity index (χ3n) is 2.76. The van der Waals surface area contributed by atoms with E-state index in [1.807, 2.05) is 0 Å². The van der Waals surface area contributed by atoms with Gasteiger partial charge in [0.15, 0.2) is 0 Å². The minimum Gasteiger partial charge on any atom is -0.314 e. The summed E-state index contributed by atoms with van der Waals surface area (Å²) in [6.45, 7) is 8.42. The first-order valence-corrected chi connectivity index (χ1v) is 5.62. The van der Waals surface area contributed by atoms with Gasteiger partial charge in [-0.25, -0.2) is 0 Å². The van der Waals surface area contributed by atoms with Gasteiger partial charge in [0.1, 0.15) is 0 Å². The van der Waals surface area contributed by atoms with Crippen molar-refractivity contribution in [2.45, 2.75) is 51.1 Å². The predicted octanol–water partition coefficient (Wildman–Crippen LogP) is 1.72. The summed E-state index contributed by atoms with van der Waals surface area (Å²) in [5, 5.41) is 7.10. The maximum Gasteiger partial charge on any atom is 0.0195 e. The molecule has 0 aromatic heterocycles. The Morgan fingerprint density at radius 1 is 1.23 bits per heavy atom. The SMILES string of the molecule is [CH2]CC1CNCC(CCCCC)N1. The molecule has 0 aliphatic carbocycles. The van der Waals surface area contributed by atoms with Crippen LogP contribution in [0.15, 0.2) is 0 Å². The smallest absolute Gasteiger partial charge is 0.0195 e. The first-order valence-electron chi connectivity index (χ1n) is 5.62. The monoisotopic (exact) mass is 183 g/mol. The average Bonchev–Trinajstić information content (AvgIpc) is 2.19. The Labute approximate surface area is 82.5 Å². The summed E-state index contributed by atoms with van der Waals surface area (Å²) < 4.78 is 0. The molecule has 1 saturated heterocycles. The van der Waals surface area contributed by atoms with Gasteiger partial charge in [0, 0.05) is 25.2 Å². The third kappa shape index (κ3) is 4.10. The number of hydrogen-bond donors (Lipinski definition) is 2. The summed E-state index contributed by atoms with van der Waals surface area (Å²) in [4.78, 5) is 0. The summed E-state index contributed by atoms with van der Waals surface area (Å²) in [6, 6.07) is 1.28. The van der Waals surface area contributed by atoms with Crippen LogP contribution >= 0.6 is 0 Å². The molecule has 0 amide bonds. The Morgan fingerprint density at radius 2 is 2.00 bits per heavy atom. The van der Waals surface area contributed by atoms with Crippen molar-refractivity contribution >= 4 is 0 Å². The van der Waals surface area contributed by atoms with Crippen molar-refractivity contribution in [3.63, 3.8) is 0 Å². The van der Waals surface area contributed by atoms with Crippen molar-refractivity contribution < 1.29 is 0 Å². The second kappa shape index (κ2) is 6.39. The Kier molecular flexibility index (Phi) is 5.40. The lowest BCUT2D eigenvalue weighted by Crippen LogP contribution is -2.54. The highest BCUT2D eigenvalue weighted by molar-refractivity contribution is 4.83. The first kappa shape index (κ1) is 11.0. The molecule has 0 aromatic rings. The van der Waals surface area contributed by atoms with Gasteiger partial charge >= 0.3 is 0 Å². The van der Waals surface area contributed by atoms with Crippen LogP contribution in [0.3, 0.4) is 0 Å². The third-order valence-corrected chi connectivity index (χ3v) is 2.76. The minimum atomic E-state index is 0.598. The fraction of sp³-hybridized carbons (Fsp3) is 0.909. The Balaban J connectivity index is 2.11. The second-order valence-corrected chi connectivity index (χ2v) is 4.00. The quantitative estimate of drug-likeness (QED) is 0.634. The van der Waals surface area contributed by atoms with Gasteiger partial charge in [0.25, 0.3) is 0 Å². The highest BCUT2D eigenvalue weighted by atomic mass is 15.1. The molecule has 2 heteroatoms. The molecular formula is C11H23N2. The van der Waals surface area contributed by atoms with Crippen molar-refractivity contribution in [1.82, 2.24) is 10.6 Å². The van der Waals surface area contributed by atoms with Crippen molar-refractivity contribution in [1.29, 1.82) is 0 Å². The van der Waals surface area contributed by atoms with E-state index < -0.39 is 0 Å². The molecule has 77 valence electrons. The normalized spacial score (nSPS) is 29.1. The maximum absolute atomic E-state index is 3.94. The van der Waals surface area contributed by atoms with E-state index in [1.54, 1.807) is 0 Å². The largest absolute Gasteiger partial charge is 0.314 e. The zero-order valence-electron chi connectivity index (χ0n) is 8.81. The molecule has 1 aliphatic rings. The van der Waals surface area contributed by atoms with E-state index in [2.05, 4.69) is 24.5 Å². The number of rotatable bonds is 5. The molecule has 0 saturated carbocycles. The molecule has 1 rings (SSSR count). The molecule has 0 bridgehead atoms. The van der Waals surface area contributed by atoms with Crippen LogP contribution in [0.4, 0.5) is 0 Å². The lowest BCUT2D eigenvalue weighted by atomic mass is 10.0. The van der Waals surface area contributed by atoms with Crippen molar-refractivity contribution in [2.24, 2.45) is 0 Å². The molecule has 1 heterocycles. The van der Waals surface area contributed by atoms with Crippen molar-refractivity contribution in [3.8, 4) is 0 Å². The van der Waals surface area contributed by atoms with E-state index in [-0.39, 0.29) is 0 Å². The van der Waals surface area contributed by atoms with Crippen LogP contribution in [0, 0.1) is 6.92 Å². The van der Waals surface area contributed by atoms with E-state index in [4.69, 9.17) is 0 Å². The van der Waals surface area contributed by atoms with Crippen LogP contribution in [0.2, 0.25) is 0 Å². The fourth-order valence-electron chi connectivity index (χ4n) is 1.89. The molecule has 2 unspecified atom stereocenters. The van der Waals surface area contributed by atoms with Gasteiger partial charge in [-0.1, -0.05) is 33.1 Å². The zero-order valence-corrected chi connectivity index (χ0v) is 8.81. The molecule has 2 N–H and O–H groups in total. The molecule has 2 nitrogen and oxygen atoms in total. The van der Waals surface area contributed by atoms with Gasteiger partial charge < -0.3 is 10.6 Å². The second-order valence-electron chi connectivity index (χ2n) is 4.00. The number of unbranched alkanes of at least 4 members (excludes halogenated alkanes) is 2. The van der Waals surface area contributed by atoms with E-state index >= 15 is 0 Å². The molecule has 1 fully saturated rings. The maximum atomic E-state index is 3.94. The van der Waals surface area contributed by atoms with Crippen LogP contribution < -0.4 is 10.6 Å². The summed E-state index contributed by atoms with van der Waals surface area (Å²) in [5.41, 5.74) is 0. The fourth-order valence-corrected chi connectivity index (χ4v) is 1.89. The van der Waals surface area contributed by atoms with Gasteiger partial charge in [-0.05, 0) is 12.8 Å². The predicted molar refractivity (Wildman–Crippen MR) is 57.7 cm³/mol. The van der Waals surface area contributed by atoms with Gasteiger partial charge in [-0.3, -0.25) is 0 Å². The number of nitrogens with one attached hydrogen (secondary N) is 2. The molecule has 0 spiro atoms. The van der Waals surface area contributed by atoms with E-state index in [0.29, 0.717) is 12.1 Å². The summed E-state index contributed by atoms with van der Waals surface area (Å²) in [7, 11) is 0. The molecule has 1 aliphatic heterocycles. The molecule has 1 radical (unpaired) electrons. The number of piperazine rings is 1. The molecule has 13 heavy (non-hydrogen) atoms. The van der Waals surface area contributed by atoms with E-state index in [0.717, 1.165) is 19.5 Å². The Morgan fingerprint density at radius 3 is 2.69 bits per heavy atom. The van der Waals surface area contributed by atoms with Gasteiger partial charge in [-0.15, -0.1) is 0 Å². The molecule has 2 atom stereocenters. The molecule has 0 aromatic carbocycles. The topological polar surface area (TPSA) is 24.1 Å². The van der Waals surface area contributed by atoms with Crippen molar-refractivity contribution in [2.75, 3.05) is 13.1 Å². The van der Waals surface area contributed by atoms with Crippen LogP contribution in [0.5, 0.6) is 0 Å². The van der Waals surface area contributed by atoms with Crippen LogP contribution in [0.1, 0.15) is 39.0 Å². The van der Waals surface area contributed by atoms with Gasteiger partial charge in [-0.2, -0.15) is 0 Å². The lowest BCUT2D eigenvalue weighted by molar-refractivity contribution is 0.320. The van der Waals surface area contributed by atoms with Crippen molar-refractivity contribution in [3.05, 3.63) is 6.92 Å². The highest BCUT2D eigenvalue weighted by Gasteiger charge is 2.17. The molecular weight excluding hydrogens is 160 g/mol. The average molecular weight is 183 g/mol. The summed E-state index contributed by atoms with van der Waals surface area (Å²) in [6.07, 6.45) is 6.36. The lowest BCUT2D eigenvalue weighted by Gasteiger charge is -2.31. The Hall–Kier alpha value is -0.0800. The highest BCUT2D eigenvalue weighted by Crippen LogP contribution is 2.07. The van der Waals surface area contributed by atoms with E-state index in [1.165, 1.54) is 25.7 Å². The van der Waals surface area contributed by atoms with Gasteiger partial charge in [0.2, 0.25) is 0 Å². The number of hydrogen-bond acceptors (Lipinski definition) is 2. The first-order chi connectivity index (χ1) is 6.36. The van der Waals surface area contributed by atoms with Crippen LogP contribution in [-0.4, -0.2) is 25.2 Å². The minimum absolute atomic E-state index is 0.598. The summed E-state index contributed by atoms with van der Waals surface area (Å²) >= 11 is 0. The standard InChI is InChI=1S/C11H23N2/c1-3-5-6-7-11-9-12-8-10(4-2)13-11/h10-13H,2-9H2,1H3. The van der Waals surface area contributed by atoms with Crippen LogP contribution in [-0.2, 0) is 0 Å². The van der Waals surface area contributed by atoms with E-state index in [9.17, 15) is 0 Å².